The molecule has 0 unspecified atom stereocenters. The molecule has 0 saturated carbocycles. The van der Waals surface area contributed by atoms with E-state index in [0.717, 1.165) is 18.1 Å². The molecule has 0 fully saturated rings. The fourth-order valence-electron chi connectivity index (χ4n) is 1.59. The molecule has 0 bridgehead atoms. The largest absolute Gasteiger partial charge is 0.353 e. The number of nitrogens with two attached hydrogens (primary N) is 1. The molecule has 0 aliphatic heterocycles. The summed E-state index contributed by atoms with van der Waals surface area (Å²) >= 11 is 0. The lowest BCUT2D eigenvalue weighted by molar-refractivity contribution is 0.564. The van der Waals surface area contributed by atoms with E-state index in [0.29, 0.717) is 18.5 Å². The molecule has 0 aliphatic rings. The number of nitrogens with zero attached hydrogens (tertiary/aromatic N) is 3. The maximum absolute atomic E-state index is 5.58. The van der Waals surface area contributed by atoms with E-state index in [1.807, 2.05) is 6.20 Å². The molecule has 2 N–H and O–H groups in total. The molecule has 16 heavy (non-hydrogen) atoms. The summed E-state index contributed by atoms with van der Waals surface area (Å²) in [5.41, 5.74) is 6.41. The molecule has 4 nitrogen and oxygen atoms in total. The molecule has 0 saturated heterocycles. The minimum absolute atomic E-state index is 0.421. The molecule has 90 valence electrons. The summed E-state index contributed by atoms with van der Waals surface area (Å²) in [6.45, 7) is 10.2. The van der Waals surface area contributed by atoms with Crippen molar-refractivity contribution in [1.82, 2.24) is 9.97 Å². The Morgan fingerprint density at radius 3 is 2.44 bits per heavy atom. The minimum atomic E-state index is 0.421. The lowest BCUT2D eigenvalue weighted by atomic mass is 10.2. The summed E-state index contributed by atoms with van der Waals surface area (Å²) in [4.78, 5) is 10.9. The first-order valence-corrected chi connectivity index (χ1v) is 5.82. The van der Waals surface area contributed by atoms with Gasteiger partial charge in [-0.3, -0.25) is 4.98 Å². The highest BCUT2D eigenvalue weighted by Crippen LogP contribution is 2.15. The standard InChI is InChI=1S/C12H22N4/c1-9(2)8-16(10(3)4)12-7-14-6-11(5-13)15-12/h6-7,9-10H,5,8,13H2,1-4H3. The quantitative estimate of drug-likeness (QED) is 0.825. The summed E-state index contributed by atoms with van der Waals surface area (Å²) in [5.74, 6) is 1.53. The zero-order valence-electron chi connectivity index (χ0n) is 10.6. The predicted octanol–water partition coefficient (Wildman–Crippen LogP) is 1.81. The number of hydrogen-bond acceptors (Lipinski definition) is 4. The predicted molar refractivity (Wildman–Crippen MR) is 67.2 cm³/mol. The lowest BCUT2D eigenvalue weighted by Crippen LogP contribution is -2.35. The Morgan fingerprint density at radius 2 is 1.94 bits per heavy atom. The van der Waals surface area contributed by atoms with Crippen LogP contribution in [0.15, 0.2) is 12.4 Å². The van der Waals surface area contributed by atoms with Gasteiger partial charge in [-0.2, -0.15) is 0 Å². The normalized spacial score (nSPS) is 11.2. The van der Waals surface area contributed by atoms with E-state index in [1.54, 1.807) is 6.20 Å². The van der Waals surface area contributed by atoms with Crippen molar-refractivity contribution in [2.75, 3.05) is 11.4 Å². The number of hydrogen-bond donors (Lipinski definition) is 1. The summed E-state index contributed by atoms with van der Waals surface area (Å²) in [6.07, 6.45) is 3.53. The van der Waals surface area contributed by atoms with Crippen molar-refractivity contribution < 1.29 is 0 Å². The summed E-state index contributed by atoms with van der Waals surface area (Å²) in [6, 6.07) is 0.421. The van der Waals surface area contributed by atoms with E-state index < -0.39 is 0 Å². The molecule has 0 radical (unpaired) electrons. The van der Waals surface area contributed by atoms with Gasteiger partial charge in [0.15, 0.2) is 0 Å². The van der Waals surface area contributed by atoms with E-state index in [1.165, 1.54) is 0 Å². The van der Waals surface area contributed by atoms with Gasteiger partial charge in [-0.25, -0.2) is 4.98 Å². The van der Waals surface area contributed by atoms with Crippen molar-refractivity contribution >= 4 is 5.82 Å². The molecule has 0 spiro atoms. The van der Waals surface area contributed by atoms with Crippen LogP contribution in [0.25, 0.3) is 0 Å². The van der Waals surface area contributed by atoms with Gasteiger partial charge in [0.25, 0.3) is 0 Å². The molecular formula is C12H22N4. The smallest absolute Gasteiger partial charge is 0.147 e. The molecule has 0 atom stereocenters. The average Bonchev–Trinajstić information content (AvgIpc) is 2.25. The molecular weight excluding hydrogens is 200 g/mol. The Labute approximate surface area is 97.9 Å². The van der Waals surface area contributed by atoms with Crippen LogP contribution in [0.3, 0.4) is 0 Å². The van der Waals surface area contributed by atoms with E-state index in [2.05, 4.69) is 42.6 Å². The van der Waals surface area contributed by atoms with Crippen LogP contribution in [0.4, 0.5) is 5.82 Å². The summed E-state index contributed by atoms with van der Waals surface area (Å²) < 4.78 is 0. The molecule has 0 aliphatic carbocycles. The highest BCUT2D eigenvalue weighted by molar-refractivity contribution is 5.37. The fraction of sp³-hybridized carbons (Fsp3) is 0.667. The van der Waals surface area contributed by atoms with Crippen LogP contribution in [0.5, 0.6) is 0 Å². The van der Waals surface area contributed by atoms with E-state index in [9.17, 15) is 0 Å². The first-order valence-electron chi connectivity index (χ1n) is 5.82. The Kier molecular flexibility index (Phi) is 4.68. The first kappa shape index (κ1) is 12.9. The highest BCUT2D eigenvalue weighted by atomic mass is 15.2. The van der Waals surface area contributed by atoms with Crippen molar-refractivity contribution in [3.63, 3.8) is 0 Å². The van der Waals surface area contributed by atoms with Gasteiger partial charge in [0.2, 0.25) is 0 Å². The summed E-state index contributed by atoms with van der Waals surface area (Å²) in [7, 11) is 0. The second-order valence-electron chi connectivity index (χ2n) is 4.71. The van der Waals surface area contributed by atoms with Gasteiger partial charge in [0, 0.05) is 25.3 Å². The second kappa shape index (κ2) is 5.80. The van der Waals surface area contributed by atoms with Gasteiger partial charge in [-0.15, -0.1) is 0 Å². The second-order valence-corrected chi connectivity index (χ2v) is 4.71. The molecule has 1 rings (SSSR count). The van der Waals surface area contributed by atoms with Crippen LogP contribution in [-0.4, -0.2) is 22.6 Å². The van der Waals surface area contributed by atoms with Gasteiger partial charge in [0.1, 0.15) is 5.82 Å². The molecule has 1 heterocycles. The van der Waals surface area contributed by atoms with Gasteiger partial charge in [-0.1, -0.05) is 13.8 Å². The van der Waals surface area contributed by atoms with E-state index >= 15 is 0 Å². The van der Waals surface area contributed by atoms with Crippen molar-refractivity contribution in [3.05, 3.63) is 18.1 Å². The van der Waals surface area contributed by atoms with Gasteiger partial charge >= 0.3 is 0 Å². The zero-order valence-corrected chi connectivity index (χ0v) is 10.6. The van der Waals surface area contributed by atoms with Crippen LogP contribution in [0.2, 0.25) is 0 Å². The Morgan fingerprint density at radius 1 is 1.25 bits per heavy atom. The van der Waals surface area contributed by atoms with E-state index in [4.69, 9.17) is 5.73 Å². The minimum Gasteiger partial charge on any atom is -0.353 e. The molecule has 1 aromatic rings. The van der Waals surface area contributed by atoms with Crippen LogP contribution >= 0.6 is 0 Å². The topological polar surface area (TPSA) is 55.0 Å². The highest BCUT2D eigenvalue weighted by Gasteiger charge is 2.13. The van der Waals surface area contributed by atoms with Crippen molar-refractivity contribution in [3.8, 4) is 0 Å². The van der Waals surface area contributed by atoms with Crippen molar-refractivity contribution in [2.24, 2.45) is 11.7 Å². The molecule has 0 aromatic carbocycles. The monoisotopic (exact) mass is 222 g/mol. The van der Waals surface area contributed by atoms with Crippen LogP contribution in [0, 0.1) is 5.92 Å². The molecule has 4 heteroatoms. The average molecular weight is 222 g/mol. The fourth-order valence-corrected chi connectivity index (χ4v) is 1.59. The molecule has 0 amide bonds. The van der Waals surface area contributed by atoms with Crippen molar-refractivity contribution in [1.29, 1.82) is 0 Å². The molecule has 1 aromatic heterocycles. The number of aromatic nitrogens is 2. The van der Waals surface area contributed by atoms with Gasteiger partial charge < -0.3 is 10.6 Å². The first-order chi connectivity index (χ1) is 7.54. The van der Waals surface area contributed by atoms with Crippen LogP contribution in [0.1, 0.15) is 33.4 Å². The maximum atomic E-state index is 5.58. The third-order valence-corrected chi connectivity index (χ3v) is 2.36. The van der Waals surface area contributed by atoms with Crippen molar-refractivity contribution in [2.45, 2.75) is 40.3 Å². The summed E-state index contributed by atoms with van der Waals surface area (Å²) in [5, 5.41) is 0. The van der Waals surface area contributed by atoms with Crippen LogP contribution in [-0.2, 0) is 6.54 Å². The van der Waals surface area contributed by atoms with E-state index in [-0.39, 0.29) is 0 Å². The SMILES string of the molecule is CC(C)CN(c1cncc(CN)n1)C(C)C. The zero-order chi connectivity index (χ0) is 12.1. The Bertz CT molecular complexity index is 323. The lowest BCUT2D eigenvalue weighted by Gasteiger charge is -2.29. The van der Waals surface area contributed by atoms with Gasteiger partial charge in [-0.05, 0) is 19.8 Å². The third kappa shape index (κ3) is 3.45. The van der Waals surface area contributed by atoms with Gasteiger partial charge in [0.05, 0.1) is 11.9 Å². The Hall–Kier alpha value is -1.16. The third-order valence-electron chi connectivity index (χ3n) is 2.36. The number of rotatable bonds is 5. The maximum Gasteiger partial charge on any atom is 0.147 e. The van der Waals surface area contributed by atoms with Crippen LogP contribution < -0.4 is 10.6 Å². The Balaban J connectivity index is 2.91. The number of anilines is 1.